The molecule has 17 heavy (non-hydrogen) atoms. The lowest BCUT2D eigenvalue weighted by Gasteiger charge is -2.06. The summed E-state index contributed by atoms with van der Waals surface area (Å²) in [5.74, 6) is -0.772. The lowest BCUT2D eigenvalue weighted by Crippen LogP contribution is -1.99. The molecule has 3 nitrogen and oxygen atoms in total. The molecule has 0 atom stereocenters. The number of fused-ring (bicyclic) bond motifs is 1. The third-order valence-corrected chi connectivity index (χ3v) is 3.52. The number of benzene rings is 1. The zero-order valence-electron chi connectivity index (χ0n) is 9.73. The topological polar surface area (TPSA) is 50.2 Å². The van der Waals surface area contributed by atoms with Crippen molar-refractivity contribution in [3.05, 3.63) is 35.4 Å². The van der Waals surface area contributed by atoms with Gasteiger partial charge in [-0.15, -0.1) is 0 Å². The monoisotopic (exact) mass is 247 g/mol. The molecule has 2 rings (SSSR count). The molecule has 0 bridgehead atoms. The SMILES string of the molecule is Cc1ccc2nc(SCC(=O)O)c(C)cc2c1. The molecule has 0 spiro atoms. The molecule has 0 aliphatic rings. The van der Waals surface area contributed by atoms with Gasteiger partial charge in [-0.25, -0.2) is 4.98 Å². The summed E-state index contributed by atoms with van der Waals surface area (Å²) in [6.45, 7) is 4.00. The van der Waals surface area contributed by atoms with Gasteiger partial charge in [0.25, 0.3) is 0 Å². The van der Waals surface area contributed by atoms with Crippen molar-refractivity contribution in [2.75, 3.05) is 5.75 Å². The Kier molecular flexibility index (Phi) is 3.33. The van der Waals surface area contributed by atoms with Crippen LogP contribution in [0, 0.1) is 13.8 Å². The third kappa shape index (κ3) is 2.77. The van der Waals surface area contributed by atoms with E-state index in [1.54, 1.807) is 0 Å². The first-order valence-electron chi connectivity index (χ1n) is 5.29. The number of aromatic nitrogens is 1. The second-order valence-electron chi connectivity index (χ2n) is 3.99. The van der Waals surface area contributed by atoms with Crippen LogP contribution in [0.2, 0.25) is 0 Å². The number of hydrogen-bond donors (Lipinski definition) is 1. The van der Waals surface area contributed by atoms with Gasteiger partial charge >= 0.3 is 5.97 Å². The van der Waals surface area contributed by atoms with Crippen molar-refractivity contribution in [3.8, 4) is 0 Å². The van der Waals surface area contributed by atoms with Crippen molar-refractivity contribution in [2.45, 2.75) is 18.9 Å². The van der Waals surface area contributed by atoms with Crippen LogP contribution >= 0.6 is 11.8 Å². The summed E-state index contributed by atoms with van der Waals surface area (Å²) in [4.78, 5) is 15.0. The second kappa shape index (κ2) is 4.75. The van der Waals surface area contributed by atoms with Gasteiger partial charge in [0.15, 0.2) is 0 Å². The van der Waals surface area contributed by atoms with Crippen molar-refractivity contribution in [3.63, 3.8) is 0 Å². The number of pyridine rings is 1. The number of carboxylic acids is 1. The van der Waals surface area contributed by atoms with Gasteiger partial charge in [-0.1, -0.05) is 23.4 Å². The predicted molar refractivity (Wildman–Crippen MR) is 69.6 cm³/mol. The molecule has 0 radical (unpaired) electrons. The maximum Gasteiger partial charge on any atom is 0.313 e. The largest absolute Gasteiger partial charge is 0.481 e. The maximum absolute atomic E-state index is 10.5. The fraction of sp³-hybridized carbons (Fsp3) is 0.231. The molecule has 1 aromatic carbocycles. The van der Waals surface area contributed by atoms with Crippen LogP contribution in [0.4, 0.5) is 0 Å². The van der Waals surface area contributed by atoms with Crippen LogP contribution in [0.15, 0.2) is 29.3 Å². The van der Waals surface area contributed by atoms with Crippen molar-refractivity contribution in [2.24, 2.45) is 0 Å². The van der Waals surface area contributed by atoms with Gasteiger partial charge in [0.2, 0.25) is 0 Å². The molecule has 1 N–H and O–H groups in total. The van der Waals surface area contributed by atoms with E-state index in [2.05, 4.69) is 17.1 Å². The van der Waals surface area contributed by atoms with Gasteiger partial charge in [0.1, 0.15) is 5.03 Å². The Labute approximate surface area is 104 Å². The van der Waals surface area contributed by atoms with E-state index in [1.807, 2.05) is 26.0 Å². The molecule has 1 heterocycles. The number of aliphatic carboxylic acids is 1. The number of carboxylic acid groups (broad SMARTS) is 1. The van der Waals surface area contributed by atoms with E-state index in [-0.39, 0.29) is 5.75 Å². The lowest BCUT2D eigenvalue weighted by atomic mass is 10.1. The molecule has 0 aliphatic carbocycles. The maximum atomic E-state index is 10.5. The predicted octanol–water partition coefficient (Wildman–Crippen LogP) is 3.03. The Bertz CT molecular complexity index is 581. The van der Waals surface area contributed by atoms with E-state index in [1.165, 1.54) is 17.3 Å². The molecule has 2 aromatic rings. The Morgan fingerprint density at radius 1 is 1.35 bits per heavy atom. The Balaban J connectivity index is 2.41. The van der Waals surface area contributed by atoms with Gasteiger partial charge in [-0.05, 0) is 37.6 Å². The van der Waals surface area contributed by atoms with E-state index in [0.717, 1.165) is 21.5 Å². The molecular formula is C13H13NO2S. The fourth-order valence-corrected chi connectivity index (χ4v) is 2.37. The number of carbonyl (C=O) groups is 1. The van der Waals surface area contributed by atoms with Crippen molar-refractivity contribution < 1.29 is 9.90 Å². The normalized spacial score (nSPS) is 10.7. The summed E-state index contributed by atoms with van der Waals surface area (Å²) in [7, 11) is 0. The molecule has 0 unspecified atom stereocenters. The van der Waals surface area contributed by atoms with Crippen LogP contribution < -0.4 is 0 Å². The van der Waals surface area contributed by atoms with Crippen molar-refractivity contribution in [1.82, 2.24) is 4.98 Å². The third-order valence-electron chi connectivity index (χ3n) is 2.45. The van der Waals surface area contributed by atoms with Gasteiger partial charge in [0.05, 0.1) is 11.3 Å². The molecule has 88 valence electrons. The Morgan fingerprint density at radius 3 is 2.82 bits per heavy atom. The highest BCUT2D eigenvalue weighted by Gasteiger charge is 2.06. The minimum absolute atomic E-state index is 0.0468. The molecule has 0 saturated heterocycles. The van der Waals surface area contributed by atoms with Gasteiger partial charge in [-0.2, -0.15) is 0 Å². The first-order valence-corrected chi connectivity index (χ1v) is 6.27. The zero-order valence-corrected chi connectivity index (χ0v) is 10.5. The van der Waals surface area contributed by atoms with E-state index in [4.69, 9.17) is 5.11 Å². The molecule has 1 aromatic heterocycles. The van der Waals surface area contributed by atoms with Crippen LogP contribution in [-0.4, -0.2) is 21.8 Å². The average molecular weight is 247 g/mol. The number of thioether (sulfide) groups is 1. The molecule has 0 fully saturated rings. The molecular weight excluding hydrogens is 234 g/mol. The van der Waals surface area contributed by atoms with Crippen molar-refractivity contribution >= 4 is 28.6 Å². The van der Waals surface area contributed by atoms with Gasteiger partial charge in [0, 0.05) is 5.39 Å². The van der Waals surface area contributed by atoms with E-state index < -0.39 is 5.97 Å². The van der Waals surface area contributed by atoms with Crippen molar-refractivity contribution in [1.29, 1.82) is 0 Å². The van der Waals surface area contributed by atoms with E-state index >= 15 is 0 Å². The van der Waals surface area contributed by atoms with Gasteiger partial charge in [-0.3, -0.25) is 4.79 Å². The zero-order chi connectivity index (χ0) is 12.4. The standard InChI is InChI=1S/C13H13NO2S/c1-8-3-4-11-10(5-8)6-9(2)13(14-11)17-7-12(15)16/h3-6H,7H2,1-2H3,(H,15,16). The lowest BCUT2D eigenvalue weighted by molar-refractivity contribution is -0.133. The summed E-state index contributed by atoms with van der Waals surface area (Å²) in [6.07, 6.45) is 0. The minimum Gasteiger partial charge on any atom is -0.481 e. The number of rotatable bonds is 3. The van der Waals surface area contributed by atoms with Crippen LogP contribution in [0.5, 0.6) is 0 Å². The molecule has 0 aliphatic heterocycles. The fourth-order valence-electron chi connectivity index (χ4n) is 1.66. The molecule has 0 amide bonds. The smallest absolute Gasteiger partial charge is 0.313 e. The van der Waals surface area contributed by atoms with Crippen LogP contribution in [0.25, 0.3) is 10.9 Å². The summed E-state index contributed by atoms with van der Waals surface area (Å²) in [5, 5.41) is 10.6. The second-order valence-corrected chi connectivity index (χ2v) is 4.95. The Morgan fingerprint density at radius 2 is 2.12 bits per heavy atom. The summed E-state index contributed by atoms with van der Waals surface area (Å²) in [6, 6.07) is 8.12. The van der Waals surface area contributed by atoms with E-state index in [0.29, 0.717) is 0 Å². The highest BCUT2D eigenvalue weighted by atomic mass is 32.2. The number of nitrogens with zero attached hydrogens (tertiary/aromatic N) is 1. The van der Waals surface area contributed by atoms with Crippen LogP contribution in [0.1, 0.15) is 11.1 Å². The first-order chi connectivity index (χ1) is 8.06. The highest BCUT2D eigenvalue weighted by Crippen LogP contribution is 2.24. The summed E-state index contributed by atoms with van der Waals surface area (Å²) < 4.78 is 0. The average Bonchev–Trinajstić information content (AvgIpc) is 2.26. The summed E-state index contributed by atoms with van der Waals surface area (Å²) in [5.41, 5.74) is 3.13. The van der Waals surface area contributed by atoms with Crippen LogP contribution in [0.3, 0.4) is 0 Å². The van der Waals surface area contributed by atoms with Gasteiger partial charge < -0.3 is 5.11 Å². The van der Waals surface area contributed by atoms with Crippen LogP contribution in [-0.2, 0) is 4.79 Å². The summed E-state index contributed by atoms with van der Waals surface area (Å²) >= 11 is 1.26. The first kappa shape index (κ1) is 11.9. The number of aryl methyl sites for hydroxylation is 2. The van der Waals surface area contributed by atoms with E-state index in [9.17, 15) is 4.79 Å². The Hall–Kier alpha value is -1.55. The molecule has 4 heteroatoms. The highest BCUT2D eigenvalue weighted by molar-refractivity contribution is 7.99. The minimum atomic E-state index is -0.819. The number of hydrogen-bond acceptors (Lipinski definition) is 3. The molecule has 0 saturated carbocycles. The quantitative estimate of drug-likeness (QED) is 0.847.